The molecule has 1 fully saturated rings. The van der Waals surface area contributed by atoms with Crippen molar-refractivity contribution in [3.8, 4) is 0 Å². The summed E-state index contributed by atoms with van der Waals surface area (Å²) in [6.07, 6.45) is 0. The normalized spacial score (nSPS) is 23.3. The largest absolute Gasteiger partial charge is 0.305 e. The number of hydrogen-bond donors (Lipinski definition) is 1. The van der Waals surface area contributed by atoms with Gasteiger partial charge in [-0.15, -0.1) is 11.8 Å². The Labute approximate surface area is 134 Å². The molecule has 4 heteroatoms. The molecular weight excluding hydrogens is 292 g/mol. The molecule has 0 aliphatic carbocycles. The van der Waals surface area contributed by atoms with Crippen LogP contribution < -0.4 is 10.2 Å². The number of hydrogen-bond acceptors (Lipinski definition) is 3. The monoisotopic (exact) mass is 310 g/mol. The number of rotatable bonds is 2. The van der Waals surface area contributed by atoms with Gasteiger partial charge in [-0.25, -0.2) is 0 Å². The Hall–Kier alpha value is -1.78. The molecule has 2 aromatic carbocycles. The number of carbonyl (C=O) groups excluding carboxylic acids is 1. The Kier molecular flexibility index (Phi) is 3.24. The highest BCUT2D eigenvalue weighted by atomic mass is 32.2. The highest BCUT2D eigenvalue weighted by Crippen LogP contribution is 2.49. The third-order valence-corrected chi connectivity index (χ3v) is 5.76. The van der Waals surface area contributed by atoms with E-state index in [0.717, 1.165) is 29.1 Å². The van der Waals surface area contributed by atoms with Crippen LogP contribution >= 0.6 is 11.8 Å². The van der Waals surface area contributed by atoms with Crippen LogP contribution in [0.25, 0.3) is 0 Å². The van der Waals surface area contributed by atoms with Crippen LogP contribution in [0.5, 0.6) is 0 Å². The topological polar surface area (TPSA) is 32.3 Å². The molecule has 2 aliphatic rings. The summed E-state index contributed by atoms with van der Waals surface area (Å²) in [7, 11) is 0. The number of nitrogens with one attached hydrogen (secondary N) is 1. The van der Waals surface area contributed by atoms with Gasteiger partial charge in [0.2, 0.25) is 0 Å². The second-order valence-corrected chi connectivity index (χ2v) is 7.16. The zero-order valence-electron chi connectivity index (χ0n) is 12.5. The predicted molar refractivity (Wildman–Crippen MR) is 90.9 cm³/mol. The van der Waals surface area contributed by atoms with E-state index in [1.165, 1.54) is 5.56 Å². The molecule has 1 unspecified atom stereocenters. The van der Waals surface area contributed by atoms with Crippen molar-refractivity contribution in [2.24, 2.45) is 0 Å². The molecular formula is C18H18N2OS. The van der Waals surface area contributed by atoms with Crippen molar-refractivity contribution in [1.29, 1.82) is 0 Å². The number of carbonyl (C=O) groups is 1. The number of para-hydroxylation sites is 1. The third-order valence-electron chi connectivity index (χ3n) is 4.38. The van der Waals surface area contributed by atoms with Gasteiger partial charge in [0, 0.05) is 17.9 Å². The van der Waals surface area contributed by atoms with Crippen LogP contribution in [0.1, 0.15) is 16.7 Å². The first kappa shape index (κ1) is 13.9. The van der Waals surface area contributed by atoms with E-state index in [4.69, 9.17) is 0 Å². The molecule has 0 bridgehead atoms. The molecule has 1 amide bonds. The molecule has 0 aromatic heterocycles. The van der Waals surface area contributed by atoms with E-state index in [9.17, 15) is 4.79 Å². The van der Waals surface area contributed by atoms with Crippen LogP contribution in [0.2, 0.25) is 0 Å². The Morgan fingerprint density at radius 3 is 2.68 bits per heavy atom. The van der Waals surface area contributed by atoms with Crippen molar-refractivity contribution < 1.29 is 4.79 Å². The fourth-order valence-corrected chi connectivity index (χ4v) is 4.52. The smallest absolute Gasteiger partial charge is 0.262 e. The predicted octanol–water partition coefficient (Wildman–Crippen LogP) is 3.03. The average molecular weight is 310 g/mol. The minimum Gasteiger partial charge on any atom is -0.305 e. The second kappa shape index (κ2) is 5.14. The van der Waals surface area contributed by atoms with Crippen molar-refractivity contribution in [2.75, 3.05) is 17.2 Å². The van der Waals surface area contributed by atoms with Crippen LogP contribution in [-0.2, 0) is 16.2 Å². The van der Waals surface area contributed by atoms with Crippen LogP contribution in [0.15, 0.2) is 48.5 Å². The average Bonchev–Trinajstić information content (AvgIpc) is 3.11. The van der Waals surface area contributed by atoms with E-state index in [0.29, 0.717) is 6.54 Å². The van der Waals surface area contributed by atoms with E-state index in [1.54, 1.807) is 11.8 Å². The second-order valence-electron chi connectivity index (χ2n) is 5.85. The molecule has 2 heterocycles. The van der Waals surface area contributed by atoms with Crippen LogP contribution in [-0.4, -0.2) is 18.2 Å². The summed E-state index contributed by atoms with van der Waals surface area (Å²) >= 11 is 1.72. The maximum Gasteiger partial charge on any atom is 0.262 e. The van der Waals surface area contributed by atoms with Gasteiger partial charge >= 0.3 is 0 Å². The molecule has 112 valence electrons. The van der Waals surface area contributed by atoms with E-state index >= 15 is 0 Å². The van der Waals surface area contributed by atoms with Crippen molar-refractivity contribution >= 4 is 23.4 Å². The Morgan fingerprint density at radius 2 is 1.95 bits per heavy atom. The molecule has 0 radical (unpaired) electrons. The summed E-state index contributed by atoms with van der Waals surface area (Å²) in [5.41, 5.74) is 4.54. The molecule has 0 saturated carbocycles. The fraction of sp³-hybridized carbons (Fsp3) is 0.278. The summed E-state index contributed by atoms with van der Waals surface area (Å²) in [6.45, 7) is 3.58. The summed E-state index contributed by atoms with van der Waals surface area (Å²) in [6, 6.07) is 16.6. The van der Waals surface area contributed by atoms with Gasteiger partial charge in [0.1, 0.15) is 0 Å². The molecule has 22 heavy (non-hydrogen) atoms. The maximum absolute atomic E-state index is 13.1. The van der Waals surface area contributed by atoms with Gasteiger partial charge in [0.15, 0.2) is 4.87 Å². The van der Waals surface area contributed by atoms with Crippen LogP contribution in [0.4, 0.5) is 5.69 Å². The van der Waals surface area contributed by atoms with Gasteiger partial charge < -0.3 is 4.90 Å². The van der Waals surface area contributed by atoms with Crippen molar-refractivity contribution in [3.63, 3.8) is 0 Å². The number of benzene rings is 2. The number of amides is 1. The van der Waals surface area contributed by atoms with E-state index in [2.05, 4.69) is 48.6 Å². The fourth-order valence-electron chi connectivity index (χ4n) is 3.25. The Bertz CT molecular complexity index is 720. The van der Waals surface area contributed by atoms with E-state index in [1.807, 2.05) is 17.0 Å². The van der Waals surface area contributed by atoms with Gasteiger partial charge in [-0.2, -0.15) is 0 Å². The summed E-state index contributed by atoms with van der Waals surface area (Å²) in [4.78, 5) is 14.5. The lowest BCUT2D eigenvalue weighted by Crippen LogP contribution is -2.44. The summed E-state index contributed by atoms with van der Waals surface area (Å²) in [5.74, 6) is 1.13. The molecule has 2 aromatic rings. The molecule has 4 rings (SSSR count). The lowest BCUT2D eigenvalue weighted by molar-refractivity contribution is -0.121. The van der Waals surface area contributed by atoms with Gasteiger partial charge in [0.25, 0.3) is 5.91 Å². The zero-order valence-corrected chi connectivity index (χ0v) is 13.3. The van der Waals surface area contributed by atoms with Gasteiger partial charge in [-0.1, -0.05) is 48.0 Å². The third kappa shape index (κ3) is 1.98. The molecule has 1 atom stereocenters. The van der Waals surface area contributed by atoms with Gasteiger partial charge in [0.05, 0.1) is 12.2 Å². The number of anilines is 1. The molecule has 2 aliphatic heterocycles. The maximum atomic E-state index is 13.1. The summed E-state index contributed by atoms with van der Waals surface area (Å²) in [5, 5.41) is 3.43. The van der Waals surface area contributed by atoms with Gasteiger partial charge in [-0.05, 0) is 18.6 Å². The van der Waals surface area contributed by atoms with Crippen molar-refractivity contribution in [1.82, 2.24) is 5.32 Å². The highest BCUT2D eigenvalue weighted by molar-refractivity contribution is 8.01. The molecule has 3 nitrogen and oxygen atoms in total. The van der Waals surface area contributed by atoms with Crippen molar-refractivity contribution in [3.05, 3.63) is 65.2 Å². The quantitative estimate of drug-likeness (QED) is 0.925. The van der Waals surface area contributed by atoms with Crippen LogP contribution in [0.3, 0.4) is 0 Å². The first-order valence-electron chi connectivity index (χ1n) is 7.57. The highest BCUT2D eigenvalue weighted by Gasteiger charge is 2.53. The van der Waals surface area contributed by atoms with E-state index < -0.39 is 4.87 Å². The molecule has 1 saturated heterocycles. The Morgan fingerprint density at radius 1 is 1.18 bits per heavy atom. The Balaban J connectivity index is 1.74. The zero-order chi connectivity index (χ0) is 15.2. The molecule has 1 spiro atoms. The first-order valence-corrected chi connectivity index (χ1v) is 8.55. The SMILES string of the molecule is Cc1ccc(CN2C(=O)C3(NCCS3)c3ccccc32)cc1. The van der Waals surface area contributed by atoms with E-state index in [-0.39, 0.29) is 5.91 Å². The van der Waals surface area contributed by atoms with Crippen LogP contribution in [0, 0.1) is 6.92 Å². The minimum atomic E-state index is -0.568. The number of thioether (sulfide) groups is 1. The lowest BCUT2D eigenvalue weighted by Gasteiger charge is -2.23. The number of aryl methyl sites for hydroxylation is 1. The lowest BCUT2D eigenvalue weighted by atomic mass is 10.1. The first-order chi connectivity index (χ1) is 10.7. The number of fused-ring (bicyclic) bond motifs is 2. The molecule has 1 N–H and O–H groups in total. The standard InChI is InChI=1S/C18H18N2OS/c1-13-6-8-14(9-7-13)12-20-16-5-3-2-4-15(16)18(17(20)21)19-10-11-22-18/h2-9,19H,10-12H2,1H3. The minimum absolute atomic E-state index is 0.164. The van der Waals surface area contributed by atoms with Gasteiger partial charge in [-0.3, -0.25) is 10.1 Å². The number of nitrogens with zero attached hydrogens (tertiary/aromatic N) is 1. The van der Waals surface area contributed by atoms with Crippen molar-refractivity contribution in [2.45, 2.75) is 18.3 Å². The summed E-state index contributed by atoms with van der Waals surface area (Å²) < 4.78 is 0.